The number of benzene rings is 1. The van der Waals surface area contributed by atoms with Gasteiger partial charge in [0.15, 0.2) is 0 Å². The van der Waals surface area contributed by atoms with Crippen molar-refractivity contribution < 1.29 is 4.42 Å². The molecule has 1 aromatic carbocycles. The second kappa shape index (κ2) is 9.02. The van der Waals surface area contributed by atoms with Gasteiger partial charge < -0.3 is 9.32 Å². The van der Waals surface area contributed by atoms with Crippen LogP contribution in [0.25, 0.3) is 6.08 Å². The first kappa shape index (κ1) is 18.0. The van der Waals surface area contributed by atoms with E-state index < -0.39 is 0 Å². The Balaban J connectivity index is 1.35. The maximum Gasteiger partial charge on any atom is 0.107 e. The average Bonchev–Trinajstić information content (AvgIpc) is 3.08. The third-order valence-electron chi connectivity index (χ3n) is 5.06. The van der Waals surface area contributed by atoms with Gasteiger partial charge in [0.2, 0.25) is 0 Å². The Hall–Kier alpha value is -1.84. The van der Waals surface area contributed by atoms with E-state index in [-0.39, 0.29) is 0 Å². The lowest BCUT2D eigenvalue weighted by molar-refractivity contribution is 0.139. The fourth-order valence-corrected chi connectivity index (χ4v) is 3.33. The highest BCUT2D eigenvalue weighted by Crippen LogP contribution is 2.21. The molecule has 0 bridgehead atoms. The predicted octanol–water partition coefficient (Wildman–Crippen LogP) is 4.41. The minimum Gasteiger partial charge on any atom is -0.466 e. The van der Waals surface area contributed by atoms with Crippen molar-refractivity contribution in [3.8, 4) is 0 Å². The van der Waals surface area contributed by atoms with E-state index in [0.29, 0.717) is 5.92 Å². The van der Waals surface area contributed by atoms with Gasteiger partial charge in [-0.05, 0) is 37.6 Å². The standard InChI is InChI=1S/C22H30N2O/c1-19(22-11-10-20(2)25-22)12-14-24-17-15-23(16-18-24)13-6-9-21-7-4-3-5-8-21/h3-11,19H,12-18H2,1-2H3. The molecule has 1 fully saturated rings. The normalized spacial score (nSPS) is 18.0. The van der Waals surface area contributed by atoms with Crippen molar-refractivity contribution in [2.45, 2.75) is 26.2 Å². The number of furan rings is 1. The van der Waals surface area contributed by atoms with Gasteiger partial charge in [0.05, 0.1) is 0 Å². The van der Waals surface area contributed by atoms with Crippen LogP contribution in [-0.2, 0) is 0 Å². The van der Waals surface area contributed by atoms with Crippen LogP contribution >= 0.6 is 0 Å². The molecule has 1 unspecified atom stereocenters. The van der Waals surface area contributed by atoms with Crippen molar-refractivity contribution in [3.63, 3.8) is 0 Å². The van der Waals surface area contributed by atoms with Crippen LogP contribution in [0, 0.1) is 6.92 Å². The monoisotopic (exact) mass is 338 g/mol. The van der Waals surface area contributed by atoms with E-state index in [4.69, 9.17) is 4.42 Å². The minimum atomic E-state index is 0.500. The fourth-order valence-electron chi connectivity index (χ4n) is 3.33. The maximum absolute atomic E-state index is 5.75. The van der Waals surface area contributed by atoms with Crippen molar-refractivity contribution in [3.05, 3.63) is 65.6 Å². The van der Waals surface area contributed by atoms with E-state index in [0.717, 1.165) is 37.7 Å². The van der Waals surface area contributed by atoms with Crippen LogP contribution in [0.5, 0.6) is 0 Å². The molecule has 25 heavy (non-hydrogen) atoms. The molecule has 0 saturated carbocycles. The second-order valence-electron chi connectivity index (χ2n) is 7.09. The molecule has 3 rings (SSSR count). The lowest BCUT2D eigenvalue weighted by Gasteiger charge is -2.34. The SMILES string of the molecule is Cc1ccc(C(C)CCN2CCN(CC=Cc3ccccc3)CC2)o1. The van der Waals surface area contributed by atoms with Gasteiger partial charge >= 0.3 is 0 Å². The Kier molecular flexibility index (Phi) is 6.48. The number of hydrogen-bond donors (Lipinski definition) is 0. The van der Waals surface area contributed by atoms with Gasteiger partial charge in [-0.2, -0.15) is 0 Å². The summed E-state index contributed by atoms with van der Waals surface area (Å²) >= 11 is 0. The molecule has 1 aliphatic heterocycles. The highest BCUT2D eigenvalue weighted by molar-refractivity contribution is 5.48. The van der Waals surface area contributed by atoms with Crippen LogP contribution in [0.15, 0.2) is 53.0 Å². The molecular formula is C22H30N2O. The Morgan fingerprint density at radius 1 is 1.00 bits per heavy atom. The lowest BCUT2D eigenvalue weighted by atomic mass is 10.0. The molecule has 1 atom stereocenters. The third-order valence-corrected chi connectivity index (χ3v) is 5.06. The fraction of sp³-hybridized carbons (Fsp3) is 0.455. The first-order valence-corrected chi connectivity index (χ1v) is 9.43. The molecule has 0 radical (unpaired) electrons. The average molecular weight is 338 g/mol. The molecule has 134 valence electrons. The zero-order valence-corrected chi connectivity index (χ0v) is 15.5. The smallest absolute Gasteiger partial charge is 0.107 e. The van der Waals surface area contributed by atoms with E-state index in [2.05, 4.69) is 71.3 Å². The summed E-state index contributed by atoms with van der Waals surface area (Å²) in [5.41, 5.74) is 1.28. The van der Waals surface area contributed by atoms with Crippen LogP contribution in [0.3, 0.4) is 0 Å². The van der Waals surface area contributed by atoms with Gasteiger partial charge in [0.25, 0.3) is 0 Å². The topological polar surface area (TPSA) is 19.6 Å². The van der Waals surface area contributed by atoms with Crippen LogP contribution in [-0.4, -0.2) is 49.1 Å². The third kappa shape index (κ3) is 5.58. The molecule has 0 N–H and O–H groups in total. The van der Waals surface area contributed by atoms with Gasteiger partial charge in [-0.25, -0.2) is 0 Å². The molecule has 0 amide bonds. The van der Waals surface area contributed by atoms with Crippen molar-refractivity contribution in [1.29, 1.82) is 0 Å². The molecule has 2 heterocycles. The quantitative estimate of drug-likeness (QED) is 0.745. The molecule has 3 nitrogen and oxygen atoms in total. The van der Waals surface area contributed by atoms with E-state index in [1.165, 1.54) is 25.1 Å². The van der Waals surface area contributed by atoms with E-state index >= 15 is 0 Å². The van der Waals surface area contributed by atoms with Crippen molar-refractivity contribution in [2.75, 3.05) is 39.3 Å². The van der Waals surface area contributed by atoms with Crippen molar-refractivity contribution in [2.24, 2.45) is 0 Å². The zero-order valence-electron chi connectivity index (χ0n) is 15.5. The summed E-state index contributed by atoms with van der Waals surface area (Å²) in [4.78, 5) is 5.12. The summed E-state index contributed by atoms with van der Waals surface area (Å²) in [7, 11) is 0. The Morgan fingerprint density at radius 2 is 1.72 bits per heavy atom. The molecule has 2 aromatic rings. The van der Waals surface area contributed by atoms with Crippen LogP contribution in [0.2, 0.25) is 0 Å². The molecule has 0 spiro atoms. The van der Waals surface area contributed by atoms with Crippen LogP contribution in [0.1, 0.15) is 36.3 Å². The number of nitrogens with zero attached hydrogens (tertiary/aromatic N) is 2. The Labute approximate surface area is 151 Å². The summed E-state index contributed by atoms with van der Waals surface area (Å²) in [6.45, 7) is 11.1. The number of aryl methyl sites for hydroxylation is 1. The van der Waals surface area contributed by atoms with E-state index in [1.54, 1.807) is 0 Å². The largest absolute Gasteiger partial charge is 0.466 e. The first-order valence-electron chi connectivity index (χ1n) is 9.43. The van der Waals surface area contributed by atoms with Crippen LogP contribution < -0.4 is 0 Å². The van der Waals surface area contributed by atoms with E-state index in [1.807, 2.05) is 6.92 Å². The number of piperazine rings is 1. The first-order chi connectivity index (χ1) is 12.2. The molecule has 0 aliphatic carbocycles. The molecule has 1 aromatic heterocycles. The second-order valence-corrected chi connectivity index (χ2v) is 7.09. The van der Waals surface area contributed by atoms with Crippen molar-refractivity contribution in [1.82, 2.24) is 9.80 Å². The Bertz CT molecular complexity index is 654. The summed E-state index contributed by atoms with van der Waals surface area (Å²) in [5, 5.41) is 0. The molecule has 3 heteroatoms. The zero-order chi connectivity index (χ0) is 17.5. The lowest BCUT2D eigenvalue weighted by Crippen LogP contribution is -2.46. The van der Waals surface area contributed by atoms with Crippen LogP contribution in [0.4, 0.5) is 0 Å². The molecule has 1 aliphatic rings. The van der Waals surface area contributed by atoms with Gasteiger partial charge in [-0.1, -0.05) is 49.4 Å². The summed E-state index contributed by atoms with van der Waals surface area (Å²) in [5.74, 6) is 2.64. The highest BCUT2D eigenvalue weighted by atomic mass is 16.3. The van der Waals surface area contributed by atoms with Gasteiger partial charge in [0.1, 0.15) is 11.5 Å². The number of rotatable bonds is 7. The maximum atomic E-state index is 5.75. The molecular weight excluding hydrogens is 308 g/mol. The highest BCUT2D eigenvalue weighted by Gasteiger charge is 2.17. The van der Waals surface area contributed by atoms with Gasteiger partial charge in [-0.15, -0.1) is 0 Å². The number of hydrogen-bond acceptors (Lipinski definition) is 3. The summed E-state index contributed by atoms with van der Waals surface area (Å²) in [6.07, 6.45) is 5.67. The summed E-state index contributed by atoms with van der Waals surface area (Å²) < 4.78 is 5.75. The predicted molar refractivity (Wildman–Crippen MR) is 105 cm³/mol. The van der Waals surface area contributed by atoms with Gasteiger partial charge in [-0.3, -0.25) is 4.90 Å². The molecule has 1 saturated heterocycles. The Morgan fingerprint density at radius 3 is 2.40 bits per heavy atom. The van der Waals surface area contributed by atoms with Gasteiger partial charge in [0, 0.05) is 38.6 Å². The minimum absolute atomic E-state index is 0.500. The van der Waals surface area contributed by atoms with E-state index in [9.17, 15) is 0 Å². The van der Waals surface area contributed by atoms with Crippen molar-refractivity contribution >= 4 is 6.08 Å². The summed E-state index contributed by atoms with van der Waals surface area (Å²) in [6, 6.07) is 14.7.